The van der Waals surface area contributed by atoms with Crippen LogP contribution in [0.1, 0.15) is 16.9 Å². The summed E-state index contributed by atoms with van der Waals surface area (Å²) in [5, 5.41) is 6.99. The molecule has 2 atom stereocenters. The molecule has 0 unspecified atom stereocenters. The van der Waals surface area contributed by atoms with Crippen molar-refractivity contribution in [3.8, 4) is 0 Å². The van der Waals surface area contributed by atoms with Gasteiger partial charge in [-0.2, -0.15) is 5.10 Å². The Bertz CT molecular complexity index is 897. The second kappa shape index (κ2) is 4.77. The minimum Gasteiger partial charge on any atom is -0.341 e. The number of hydrogen-bond donors (Lipinski definition) is 1. The van der Waals surface area contributed by atoms with Crippen LogP contribution in [0.5, 0.6) is 0 Å². The van der Waals surface area contributed by atoms with Gasteiger partial charge in [0.25, 0.3) is 5.91 Å². The highest BCUT2D eigenvalue weighted by Crippen LogP contribution is 2.44. The summed E-state index contributed by atoms with van der Waals surface area (Å²) in [6.07, 6.45) is -0.631. The standard InChI is InChI=1S/C17H16F2N4O2/c18-11-3-1-2-9-13(11)20-21-14(9)16(25)23-7-17(8-23)5-22(6-17)15(24)10-4-12(10)19/h1-3,10,12H,4-8H2,(H,20,21)/t10-,12-/m1/s1. The summed E-state index contributed by atoms with van der Waals surface area (Å²) < 4.78 is 26.7. The van der Waals surface area contributed by atoms with Crippen molar-refractivity contribution in [2.45, 2.75) is 12.6 Å². The lowest BCUT2D eigenvalue weighted by molar-refractivity contribution is -0.156. The van der Waals surface area contributed by atoms with Gasteiger partial charge in [0.1, 0.15) is 17.4 Å². The number of para-hydroxylation sites is 1. The third-order valence-electron chi connectivity index (χ3n) is 5.48. The van der Waals surface area contributed by atoms with Crippen LogP contribution >= 0.6 is 0 Å². The summed E-state index contributed by atoms with van der Waals surface area (Å²) in [6.45, 7) is 2.26. The molecule has 1 aliphatic carbocycles. The Morgan fingerprint density at radius 1 is 1.20 bits per heavy atom. The minimum atomic E-state index is -0.974. The summed E-state index contributed by atoms with van der Waals surface area (Å²) >= 11 is 0. The zero-order valence-electron chi connectivity index (χ0n) is 13.3. The van der Waals surface area contributed by atoms with Crippen molar-refractivity contribution in [3.05, 3.63) is 29.7 Å². The largest absolute Gasteiger partial charge is 0.341 e. The number of alkyl halides is 1. The molecule has 25 heavy (non-hydrogen) atoms. The quantitative estimate of drug-likeness (QED) is 0.892. The second-order valence-electron chi connectivity index (χ2n) is 7.45. The van der Waals surface area contributed by atoms with Crippen LogP contribution < -0.4 is 0 Å². The highest BCUT2D eigenvalue weighted by Gasteiger charge is 2.57. The molecule has 1 N–H and O–H groups in total. The van der Waals surface area contributed by atoms with Gasteiger partial charge in [-0.15, -0.1) is 0 Å². The summed E-state index contributed by atoms with van der Waals surface area (Å²) in [6, 6.07) is 4.52. The first kappa shape index (κ1) is 14.8. The van der Waals surface area contributed by atoms with E-state index in [0.29, 0.717) is 38.0 Å². The number of hydrogen-bond acceptors (Lipinski definition) is 3. The van der Waals surface area contributed by atoms with Crippen LogP contribution in [0.3, 0.4) is 0 Å². The Hall–Kier alpha value is -2.51. The number of rotatable bonds is 2. The van der Waals surface area contributed by atoms with Gasteiger partial charge in [-0.1, -0.05) is 12.1 Å². The fourth-order valence-electron chi connectivity index (χ4n) is 4.00. The van der Waals surface area contributed by atoms with Crippen LogP contribution in [0.15, 0.2) is 18.2 Å². The van der Waals surface area contributed by atoms with Crippen LogP contribution in [0.4, 0.5) is 8.78 Å². The van der Waals surface area contributed by atoms with Gasteiger partial charge in [-0.3, -0.25) is 14.7 Å². The second-order valence-corrected chi connectivity index (χ2v) is 7.45. The van der Waals surface area contributed by atoms with E-state index in [0.717, 1.165) is 0 Å². The summed E-state index contributed by atoms with van der Waals surface area (Å²) in [5.41, 5.74) is 0.383. The summed E-state index contributed by atoms with van der Waals surface area (Å²) in [7, 11) is 0. The fourth-order valence-corrected chi connectivity index (χ4v) is 4.00. The molecule has 2 saturated heterocycles. The van der Waals surface area contributed by atoms with Crippen LogP contribution in [0.2, 0.25) is 0 Å². The predicted molar refractivity (Wildman–Crippen MR) is 84.0 cm³/mol. The van der Waals surface area contributed by atoms with Crippen LogP contribution in [-0.4, -0.2) is 64.2 Å². The van der Waals surface area contributed by atoms with Crippen molar-refractivity contribution in [1.29, 1.82) is 0 Å². The fraction of sp³-hybridized carbons (Fsp3) is 0.471. The molecule has 130 valence electrons. The molecule has 1 aromatic carbocycles. The van der Waals surface area contributed by atoms with Gasteiger partial charge in [0.15, 0.2) is 5.82 Å². The SMILES string of the molecule is O=C(c1[nH]nc2c(F)cccc12)N1CC2(C1)CN(C(=O)[C@@H]1C[C@H]1F)C2. The van der Waals surface area contributed by atoms with Crippen molar-refractivity contribution in [3.63, 3.8) is 0 Å². The van der Waals surface area contributed by atoms with Crippen LogP contribution in [-0.2, 0) is 4.79 Å². The van der Waals surface area contributed by atoms with Crippen LogP contribution in [0, 0.1) is 17.2 Å². The van der Waals surface area contributed by atoms with Gasteiger partial charge in [0, 0.05) is 37.0 Å². The maximum absolute atomic E-state index is 13.7. The molecule has 3 heterocycles. The third kappa shape index (κ3) is 2.09. The van der Waals surface area contributed by atoms with E-state index < -0.39 is 17.9 Å². The normalized spacial score (nSPS) is 26.5. The lowest BCUT2D eigenvalue weighted by atomic mass is 9.72. The molecule has 3 aliphatic rings. The van der Waals surface area contributed by atoms with Crippen LogP contribution in [0.25, 0.3) is 10.9 Å². The number of aromatic amines is 1. The lowest BCUT2D eigenvalue weighted by Crippen LogP contribution is -2.73. The number of aromatic nitrogens is 2. The summed E-state index contributed by atoms with van der Waals surface area (Å²) in [4.78, 5) is 27.9. The number of benzene rings is 1. The molecule has 2 aromatic rings. The number of H-pyrrole nitrogens is 1. The van der Waals surface area contributed by atoms with Gasteiger partial charge in [-0.05, 0) is 12.5 Å². The molecule has 5 rings (SSSR count). The lowest BCUT2D eigenvalue weighted by Gasteiger charge is -2.60. The van der Waals surface area contributed by atoms with Crippen molar-refractivity contribution in [2.24, 2.45) is 11.3 Å². The van der Waals surface area contributed by atoms with Crippen molar-refractivity contribution in [2.75, 3.05) is 26.2 Å². The molecular weight excluding hydrogens is 330 g/mol. The number of halogens is 2. The Balaban J connectivity index is 1.24. The third-order valence-corrected chi connectivity index (χ3v) is 5.48. The maximum atomic E-state index is 13.7. The van der Waals surface area contributed by atoms with Crippen molar-refractivity contribution in [1.82, 2.24) is 20.0 Å². The highest BCUT2D eigenvalue weighted by molar-refractivity contribution is 6.05. The van der Waals surface area contributed by atoms with E-state index >= 15 is 0 Å². The monoisotopic (exact) mass is 346 g/mol. The zero-order valence-corrected chi connectivity index (χ0v) is 13.3. The number of likely N-dealkylation sites (tertiary alicyclic amines) is 2. The summed E-state index contributed by atoms with van der Waals surface area (Å²) in [5.74, 6) is -1.22. The number of fused-ring (bicyclic) bond motifs is 1. The number of amides is 2. The van der Waals surface area contributed by atoms with E-state index in [-0.39, 0.29) is 28.4 Å². The predicted octanol–water partition coefficient (Wildman–Crippen LogP) is 1.34. The van der Waals surface area contributed by atoms with E-state index in [1.807, 2.05) is 0 Å². The first-order chi connectivity index (χ1) is 12.0. The Morgan fingerprint density at radius 3 is 2.56 bits per heavy atom. The molecule has 2 aliphatic heterocycles. The van der Waals surface area contributed by atoms with Gasteiger partial charge in [-0.25, -0.2) is 8.78 Å². The molecule has 1 spiro atoms. The molecule has 0 bridgehead atoms. The number of nitrogens with one attached hydrogen (secondary N) is 1. The molecule has 8 heteroatoms. The minimum absolute atomic E-state index is 0.0624. The maximum Gasteiger partial charge on any atom is 0.272 e. The van der Waals surface area contributed by atoms with Gasteiger partial charge in [0.05, 0.1) is 5.92 Å². The molecule has 3 fully saturated rings. The number of carbonyl (C=O) groups is 2. The first-order valence-corrected chi connectivity index (χ1v) is 8.32. The Morgan fingerprint density at radius 2 is 1.88 bits per heavy atom. The Labute approximate surface area is 141 Å². The topological polar surface area (TPSA) is 69.3 Å². The van der Waals surface area contributed by atoms with Crippen molar-refractivity contribution < 1.29 is 18.4 Å². The van der Waals surface area contributed by atoms with E-state index in [1.165, 1.54) is 6.07 Å². The molecular formula is C17H16F2N4O2. The number of carbonyl (C=O) groups excluding carboxylic acids is 2. The number of nitrogens with zero attached hydrogens (tertiary/aromatic N) is 3. The van der Waals surface area contributed by atoms with E-state index in [1.54, 1.807) is 21.9 Å². The molecule has 2 amide bonds. The smallest absolute Gasteiger partial charge is 0.272 e. The van der Waals surface area contributed by atoms with E-state index in [4.69, 9.17) is 0 Å². The van der Waals surface area contributed by atoms with Gasteiger partial charge >= 0.3 is 0 Å². The van der Waals surface area contributed by atoms with E-state index in [2.05, 4.69) is 10.2 Å². The first-order valence-electron chi connectivity index (χ1n) is 8.32. The van der Waals surface area contributed by atoms with Crippen molar-refractivity contribution >= 4 is 22.7 Å². The average Bonchev–Trinajstić information content (AvgIpc) is 3.07. The molecule has 0 radical (unpaired) electrons. The molecule has 1 saturated carbocycles. The zero-order chi connectivity index (χ0) is 17.3. The highest BCUT2D eigenvalue weighted by atomic mass is 19.1. The average molecular weight is 346 g/mol. The van der Waals surface area contributed by atoms with Gasteiger partial charge < -0.3 is 9.80 Å². The van der Waals surface area contributed by atoms with Gasteiger partial charge in [0.2, 0.25) is 5.91 Å². The molecule has 6 nitrogen and oxygen atoms in total. The van der Waals surface area contributed by atoms with E-state index in [9.17, 15) is 18.4 Å². The molecule has 1 aromatic heterocycles. The Kier molecular flexibility index (Phi) is 2.82.